The average molecular weight is 420 g/mol. The van der Waals surface area contributed by atoms with E-state index in [1.807, 2.05) is 0 Å². The van der Waals surface area contributed by atoms with Crippen LogP contribution in [0.25, 0.3) is 11.4 Å². The molecule has 1 heterocycles. The smallest absolute Gasteiger partial charge is 0.324 e. The molecule has 154 valence electrons. The molecule has 0 radical (unpaired) electrons. The van der Waals surface area contributed by atoms with Crippen molar-refractivity contribution in [2.45, 2.75) is 5.75 Å². The predicted molar refractivity (Wildman–Crippen MR) is 108 cm³/mol. The summed E-state index contributed by atoms with van der Waals surface area (Å²) in [5.74, 6) is -0.730. The van der Waals surface area contributed by atoms with Gasteiger partial charge in [-0.1, -0.05) is 0 Å². The fourth-order valence-corrected chi connectivity index (χ4v) is 3.28. The van der Waals surface area contributed by atoms with Crippen LogP contribution in [-0.4, -0.2) is 52.8 Å². The molecule has 1 aromatic carbocycles. The summed E-state index contributed by atoms with van der Waals surface area (Å²) in [6.45, 7) is -0.479. The topological polar surface area (TPSA) is 191 Å². The lowest BCUT2D eigenvalue weighted by molar-refractivity contribution is 0.256. The number of carbonyl (C=O) groups is 1. The summed E-state index contributed by atoms with van der Waals surface area (Å²) in [5.41, 5.74) is 6.92. The first-order valence-corrected chi connectivity index (χ1v) is 10.1. The molecule has 0 unspecified atom stereocenters. The summed E-state index contributed by atoms with van der Waals surface area (Å²) in [6, 6.07) is 7.03. The van der Waals surface area contributed by atoms with Gasteiger partial charge in [0.15, 0.2) is 15.7 Å². The molecular formula is C17H20N6O5S. The number of nitrogen functional groups attached to an aromatic ring is 1. The van der Waals surface area contributed by atoms with E-state index in [0.29, 0.717) is 17.5 Å². The lowest BCUT2D eigenvalue weighted by Crippen LogP contribution is -2.32. The van der Waals surface area contributed by atoms with Gasteiger partial charge in [0.1, 0.15) is 11.7 Å². The first kappa shape index (κ1) is 21.8. The number of anilines is 2. The molecular weight excluding hydrogens is 400 g/mol. The van der Waals surface area contributed by atoms with Crippen LogP contribution >= 0.6 is 0 Å². The maximum atomic E-state index is 11.9. The quantitative estimate of drug-likeness (QED) is 0.215. The van der Waals surface area contributed by atoms with Crippen molar-refractivity contribution < 1.29 is 23.4 Å². The monoisotopic (exact) mass is 420 g/mol. The van der Waals surface area contributed by atoms with Crippen LogP contribution in [0.2, 0.25) is 0 Å². The Morgan fingerprint density at radius 1 is 1.24 bits per heavy atom. The highest BCUT2D eigenvalue weighted by atomic mass is 32.2. The highest BCUT2D eigenvalue weighted by Crippen LogP contribution is 2.20. The third-order valence-electron chi connectivity index (χ3n) is 3.46. The Balaban J connectivity index is 2.15. The summed E-state index contributed by atoms with van der Waals surface area (Å²) in [7, 11) is -3.52. The number of aromatic nitrogens is 2. The second-order valence-corrected chi connectivity index (χ2v) is 7.99. The van der Waals surface area contributed by atoms with Gasteiger partial charge < -0.3 is 21.3 Å². The Bertz CT molecular complexity index is 1020. The normalized spacial score (nSPS) is 11.3. The minimum Gasteiger partial charge on any atom is -0.515 e. The number of hydrogen-bond acceptors (Lipinski definition) is 9. The summed E-state index contributed by atoms with van der Waals surface area (Å²) < 4.78 is 23.8. The van der Waals surface area contributed by atoms with E-state index in [0.717, 1.165) is 6.08 Å². The fraction of sp³-hybridized carbons (Fsp3) is 0.176. The third kappa shape index (κ3) is 6.86. The SMILES string of the molecule is N=C(/C=C\O)NC(=O)Nc1ccc(-c2nc(N)cc(CS(=O)(=O)CCO)n2)cc1. The number of aliphatic hydroxyl groups excluding tert-OH is 2. The summed E-state index contributed by atoms with van der Waals surface area (Å²) in [4.78, 5) is 20.0. The molecule has 0 saturated carbocycles. The highest BCUT2D eigenvalue weighted by molar-refractivity contribution is 7.90. The number of carbonyl (C=O) groups excluding carboxylic acids is 1. The molecule has 0 aliphatic carbocycles. The van der Waals surface area contributed by atoms with Crippen molar-refractivity contribution in [2.75, 3.05) is 23.4 Å². The van der Waals surface area contributed by atoms with E-state index in [9.17, 15) is 13.2 Å². The van der Waals surface area contributed by atoms with Crippen LogP contribution in [0.4, 0.5) is 16.3 Å². The van der Waals surface area contributed by atoms with Gasteiger partial charge in [0.2, 0.25) is 0 Å². The van der Waals surface area contributed by atoms with Crippen molar-refractivity contribution in [1.82, 2.24) is 15.3 Å². The Morgan fingerprint density at radius 2 is 1.93 bits per heavy atom. The molecule has 12 heteroatoms. The van der Waals surface area contributed by atoms with Crippen molar-refractivity contribution >= 4 is 33.2 Å². The molecule has 0 aliphatic heterocycles. The van der Waals surface area contributed by atoms with E-state index in [-0.39, 0.29) is 34.7 Å². The Kier molecular flexibility index (Phi) is 7.22. The number of sulfone groups is 1. The molecule has 0 bridgehead atoms. The molecule has 2 amide bonds. The molecule has 11 nitrogen and oxygen atoms in total. The lowest BCUT2D eigenvalue weighted by atomic mass is 10.2. The maximum absolute atomic E-state index is 11.9. The van der Waals surface area contributed by atoms with Crippen LogP contribution in [0.5, 0.6) is 0 Å². The summed E-state index contributed by atoms with van der Waals surface area (Å²) in [5, 5.41) is 29.4. The van der Waals surface area contributed by atoms with Crippen molar-refractivity contribution in [2.24, 2.45) is 0 Å². The van der Waals surface area contributed by atoms with E-state index < -0.39 is 22.5 Å². The average Bonchev–Trinajstić information content (AvgIpc) is 2.61. The number of amides is 2. The number of nitrogens with two attached hydrogens (primary N) is 1. The molecule has 0 spiro atoms. The molecule has 2 rings (SSSR count). The molecule has 1 aromatic heterocycles. The Hall–Kier alpha value is -3.51. The number of nitrogens with zero attached hydrogens (tertiary/aromatic N) is 2. The molecule has 7 N–H and O–H groups in total. The van der Waals surface area contributed by atoms with Crippen LogP contribution in [0.15, 0.2) is 42.7 Å². The number of urea groups is 1. The number of amidine groups is 1. The molecule has 29 heavy (non-hydrogen) atoms. The summed E-state index contributed by atoms with van der Waals surface area (Å²) >= 11 is 0. The zero-order valence-corrected chi connectivity index (χ0v) is 16.0. The van der Waals surface area contributed by atoms with E-state index in [4.69, 9.17) is 21.4 Å². The fourth-order valence-electron chi connectivity index (χ4n) is 2.26. The van der Waals surface area contributed by atoms with Crippen LogP contribution < -0.4 is 16.4 Å². The highest BCUT2D eigenvalue weighted by Gasteiger charge is 2.15. The molecule has 2 aromatic rings. The second kappa shape index (κ2) is 9.61. The van der Waals surface area contributed by atoms with Gasteiger partial charge in [0, 0.05) is 23.4 Å². The Labute approximate surface area is 166 Å². The van der Waals surface area contributed by atoms with Gasteiger partial charge in [0.25, 0.3) is 0 Å². The Morgan fingerprint density at radius 3 is 2.55 bits per heavy atom. The standard InChI is InChI=1S/C17H20N6O5S/c18-14(5-6-24)23-17(26)21-12-3-1-11(2-4-12)16-20-13(9-15(19)22-16)10-29(27,28)8-7-25/h1-6,9,24-25H,7-8,10H2,(H2,19,20,22)(H3,18,21,23,26)/b6-5-. The van der Waals surface area contributed by atoms with E-state index in [1.54, 1.807) is 24.3 Å². The largest absolute Gasteiger partial charge is 0.515 e. The van der Waals surface area contributed by atoms with Crippen LogP contribution in [-0.2, 0) is 15.6 Å². The van der Waals surface area contributed by atoms with Crippen LogP contribution in [0.1, 0.15) is 5.69 Å². The molecule has 0 atom stereocenters. The maximum Gasteiger partial charge on any atom is 0.324 e. The number of rotatable bonds is 7. The van der Waals surface area contributed by atoms with Gasteiger partial charge in [-0.05, 0) is 24.3 Å². The van der Waals surface area contributed by atoms with Gasteiger partial charge in [-0.25, -0.2) is 23.2 Å². The molecule has 0 aliphatic rings. The second-order valence-electron chi connectivity index (χ2n) is 5.81. The van der Waals surface area contributed by atoms with Crippen molar-refractivity contribution in [3.63, 3.8) is 0 Å². The van der Waals surface area contributed by atoms with Gasteiger partial charge in [-0.3, -0.25) is 10.7 Å². The summed E-state index contributed by atoms with van der Waals surface area (Å²) in [6.07, 6.45) is 1.63. The number of nitrogens with one attached hydrogen (secondary N) is 3. The van der Waals surface area contributed by atoms with Crippen LogP contribution in [0.3, 0.4) is 0 Å². The lowest BCUT2D eigenvalue weighted by Gasteiger charge is -2.09. The first-order chi connectivity index (χ1) is 13.7. The molecule has 0 fully saturated rings. The number of benzene rings is 1. The van der Waals surface area contributed by atoms with Crippen LogP contribution in [0, 0.1) is 5.41 Å². The zero-order valence-electron chi connectivity index (χ0n) is 15.2. The van der Waals surface area contributed by atoms with Gasteiger partial charge >= 0.3 is 6.03 Å². The van der Waals surface area contributed by atoms with Gasteiger partial charge in [-0.15, -0.1) is 0 Å². The number of hydrogen-bond donors (Lipinski definition) is 6. The predicted octanol–water partition coefficient (Wildman–Crippen LogP) is 0.803. The van der Waals surface area contributed by atoms with Crippen molar-refractivity contribution in [1.29, 1.82) is 5.41 Å². The van der Waals surface area contributed by atoms with Crippen molar-refractivity contribution in [3.8, 4) is 11.4 Å². The molecule has 0 saturated heterocycles. The van der Waals surface area contributed by atoms with Gasteiger partial charge in [0.05, 0.1) is 30.1 Å². The number of aliphatic hydroxyl groups is 2. The zero-order chi connectivity index (χ0) is 21.4. The van der Waals surface area contributed by atoms with Gasteiger partial charge in [-0.2, -0.15) is 0 Å². The van der Waals surface area contributed by atoms with E-state index >= 15 is 0 Å². The minimum absolute atomic E-state index is 0.0984. The van der Waals surface area contributed by atoms with E-state index in [2.05, 4.69) is 20.6 Å². The minimum atomic E-state index is -3.52. The third-order valence-corrected chi connectivity index (χ3v) is 5.00. The van der Waals surface area contributed by atoms with E-state index in [1.165, 1.54) is 6.07 Å². The first-order valence-electron chi connectivity index (χ1n) is 8.25. The van der Waals surface area contributed by atoms with Crippen molar-refractivity contribution in [3.05, 3.63) is 48.4 Å².